The molecule has 52 heavy (non-hydrogen) atoms. The lowest BCUT2D eigenvalue weighted by atomic mass is 9.88. The summed E-state index contributed by atoms with van der Waals surface area (Å²) in [5.41, 5.74) is -8.12. The number of rotatable bonds is 9. The monoisotopic (exact) mass is 759 g/mol. The minimum Gasteiger partial charge on any atom is -0.465 e. The number of amides is 1. The normalized spacial score (nSPS) is 16.9. The molecule has 0 bridgehead atoms. The molecule has 0 aliphatic carbocycles. The number of hydrogen-bond acceptors (Lipinski definition) is 6. The first-order valence-corrected chi connectivity index (χ1v) is 16.6. The van der Waals surface area contributed by atoms with E-state index >= 15 is 0 Å². The van der Waals surface area contributed by atoms with Gasteiger partial charge in [-0.2, -0.15) is 26.3 Å². The fraction of sp³-hybridized carbons (Fsp3) is 0.257. The quantitative estimate of drug-likeness (QED) is 0.0991. The highest BCUT2D eigenvalue weighted by atomic mass is 32.2. The Bertz CT molecular complexity index is 2030. The highest BCUT2D eigenvalue weighted by Crippen LogP contribution is 2.54. The van der Waals surface area contributed by atoms with Crippen LogP contribution in [-0.4, -0.2) is 57.7 Å². The number of benzene rings is 4. The van der Waals surface area contributed by atoms with Gasteiger partial charge < -0.3 is 14.4 Å². The second-order valence-corrected chi connectivity index (χ2v) is 14.0. The van der Waals surface area contributed by atoms with E-state index in [1.807, 2.05) is 0 Å². The average molecular weight is 760 g/mol. The Balaban J connectivity index is 1.59. The second-order valence-electron chi connectivity index (χ2n) is 11.7. The zero-order valence-corrected chi connectivity index (χ0v) is 27.5. The van der Waals surface area contributed by atoms with Crippen molar-refractivity contribution < 1.29 is 67.0 Å². The summed E-state index contributed by atoms with van der Waals surface area (Å²) >= 11 is 0. The fourth-order valence-electron chi connectivity index (χ4n) is 6.05. The Morgan fingerprint density at radius 2 is 1.31 bits per heavy atom. The van der Waals surface area contributed by atoms with E-state index < -0.39 is 97.5 Å². The van der Waals surface area contributed by atoms with Crippen LogP contribution in [0.4, 0.5) is 39.5 Å². The number of halogens is 9. The lowest BCUT2D eigenvalue weighted by molar-refractivity contribution is -0.392. The van der Waals surface area contributed by atoms with Gasteiger partial charge in [-0.25, -0.2) is 26.4 Å². The number of ether oxygens (including phenoxy) is 2. The number of alkyl halides is 6. The molecular weight excluding hydrogens is 733 g/mol. The van der Waals surface area contributed by atoms with Gasteiger partial charge in [-0.15, -0.1) is 0 Å². The molecule has 1 aliphatic heterocycles. The molecule has 0 aromatic heterocycles. The topological polar surface area (TPSA) is 90.0 Å². The number of esters is 1. The standard InChI is InChI=1S/C35H26F9NO6S/c1-50-31(47)22-7-5-21(6-8-22)30(46)45-18-17-32(20-45,52(48,49)26-15-13-25(36)14-16-26)23-9-11-24(12-10-23)33(34(39,40)41,35(42,43)44)51-19-27-28(37)3-2-4-29(27)38/h2-16H,17-20H2,1H3. The van der Waals surface area contributed by atoms with Crippen molar-refractivity contribution in [2.45, 2.75) is 40.6 Å². The van der Waals surface area contributed by atoms with Gasteiger partial charge in [-0.3, -0.25) is 4.79 Å². The molecule has 1 atom stereocenters. The maximum absolute atomic E-state index is 14.5. The molecule has 1 saturated heterocycles. The molecule has 0 saturated carbocycles. The summed E-state index contributed by atoms with van der Waals surface area (Å²) in [6.07, 6.45) is -12.9. The molecule has 4 aromatic carbocycles. The van der Waals surface area contributed by atoms with Crippen LogP contribution in [0.25, 0.3) is 0 Å². The van der Waals surface area contributed by atoms with Crippen LogP contribution in [0.3, 0.4) is 0 Å². The van der Waals surface area contributed by atoms with Crippen molar-refractivity contribution in [1.29, 1.82) is 0 Å². The van der Waals surface area contributed by atoms with Gasteiger partial charge in [0.2, 0.25) is 0 Å². The maximum atomic E-state index is 14.5. The Labute approximate surface area is 290 Å². The molecule has 0 N–H and O–H groups in total. The van der Waals surface area contributed by atoms with Crippen molar-refractivity contribution in [2.75, 3.05) is 20.2 Å². The molecule has 4 aromatic rings. The highest BCUT2D eigenvalue weighted by molar-refractivity contribution is 7.92. The highest BCUT2D eigenvalue weighted by Gasteiger charge is 2.73. The fourth-order valence-corrected chi connectivity index (χ4v) is 8.13. The Morgan fingerprint density at radius 1 is 0.769 bits per heavy atom. The summed E-state index contributed by atoms with van der Waals surface area (Å²) in [5.74, 6) is -5.13. The maximum Gasteiger partial charge on any atom is 0.430 e. The number of likely N-dealkylation sites (tertiary alicyclic amines) is 1. The Morgan fingerprint density at radius 3 is 1.83 bits per heavy atom. The number of hydrogen-bond donors (Lipinski definition) is 0. The number of methoxy groups -OCH3 is 1. The summed E-state index contributed by atoms with van der Waals surface area (Å²) in [6.45, 7) is -2.69. The smallest absolute Gasteiger partial charge is 0.430 e. The van der Waals surface area contributed by atoms with E-state index in [-0.39, 0.29) is 23.2 Å². The molecule has 1 heterocycles. The van der Waals surface area contributed by atoms with Gasteiger partial charge in [0.05, 0.1) is 24.2 Å². The van der Waals surface area contributed by atoms with E-state index in [0.717, 1.165) is 42.3 Å². The van der Waals surface area contributed by atoms with Crippen LogP contribution in [0, 0.1) is 17.5 Å². The Hall–Kier alpha value is -4.90. The van der Waals surface area contributed by atoms with Crippen LogP contribution in [-0.2, 0) is 36.3 Å². The zero-order valence-electron chi connectivity index (χ0n) is 26.7. The molecule has 0 radical (unpaired) electrons. The molecule has 1 unspecified atom stereocenters. The van der Waals surface area contributed by atoms with Gasteiger partial charge in [-0.05, 0) is 72.6 Å². The SMILES string of the molecule is COC(=O)c1ccc(C(=O)N2CCC(c3ccc(C(OCc4c(F)cccc4F)(C(F)(F)F)C(F)(F)F)cc3)(S(=O)(=O)c3ccc(F)cc3)C2)cc1. The van der Waals surface area contributed by atoms with Gasteiger partial charge in [0.1, 0.15) is 22.2 Å². The number of sulfone groups is 1. The van der Waals surface area contributed by atoms with E-state index in [9.17, 15) is 57.5 Å². The summed E-state index contributed by atoms with van der Waals surface area (Å²) in [6, 6.07) is 12.8. The molecule has 7 nitrogen and oxygen atoms in total. The van der Waals surface area contributed by atoms with E-state index in [1.54, 1.807) is 0 Å². The van der Waals surface area contributed by atoms with Crippen LogP contribution >= 0.6 is 0 Å². The Kier molecular flexibility index (Phi) is 10.3. The van der Waals surface area contributed by atoms with Gasteiger partial charge in [0, 0.05) is 29.8 Å². The minimum absolute atomic E-state index is 0.0153. The number of carbonyl (C=O) groups excluding carboxylic acids is 2. The summed E-state index contributed by atoms with van der Waals surface area (Å²) in [4.78, 5) is 26.0. The van der Waals surface area contributed by atoms with Gasteiger partial charge in [0.25, 0.3) is 11.5 Å². The third-order valence-corrected chi connectivity index (χ3v) is 11.3. The molecule has 1 fully saturated rings. The predicted octanol–water partition coefficient (Wildman–Crippen LogP) is 7.64. The van der Waals surface area contributed by atoms with Crippen molar-refractivity contribution in [2.24, 2.45) is 0 Å². The largest absolute Gasteiger partial charge is 0.465 e. The van der Waals surface area contributed by atoms with Gasteiger partial charge in [0.15, 0.2) is 9.84 Å². The number of nitrogens with zero attached hydrogens (tertiary/aromatic N) is 1. The van der Waals surface area contributed by atoms with Crippen LogP contribution in [0.1, 0.15) is 43.8 Å². The first-order chi connectivity index (χ1) is 24.3. The molecule has 17 heteroatoms. The molecule has 0 spiro atoms. The average Bonchev–Trinajstić information content (AvgIpc) is 3.56. The predicted molar refractivity (Wildman–Crippen MR) is 165 cm³/mol. The number of carbonyl (C=O) groups is 2. The first kappa shape index (κ1) is 38.3. The molecular formula is C35H26F9NO6S. The lowest BCUT2D eigenvalue weighted by Gasteiger charge is -2.38. The zero-order chi connectivity index (χ0) is 38.3. The van der Waals surface area contributed by atoms with E-state index in [2.05, 4.69) is 9.47 Å². The second kappa shape index (κ2) is 13.9. The van der Waals surface area contributed by atoms with Crippen molar-refractivity contribution in [3.63, 3.8) is 0 Å². The minimum atomic E-state index is -6.26. The molecule has 276 valence electrons. The van der Waals surface area contributed by atoms with E-state index in [1.165, 1.54) is 24.3 Å². The van der Waals surface area contributed by atoms with Gasteiger partial charge in [-0.1, -0.05) is 30.3 Å². The van der Waals surface area contributed by atoms with Gasteiger partial charge >= 0.3 is 18.3 Å². The third-order valence-electron chi connectivity index (χ3n) is 8.82. The van der Waals surface area contributed by atoms with Crippen LogP contribution in [0.2, 0.25) is 0 Å². The summed E-state index contributed by atoms with van der Waals surface area (Å²) in [5, 5.41) is 0. The summed E-state index contributed by atoms with van der Waals surface area (Å²) < 4.78 is 165. The van der Waals surface area contributed by atoms with Crippen molar-refractivity contribution in [3.05, 3.63) is 136 Å². The molecule has 5 rings (SSSR count). The van der Waals surface area contributed by atoms with Crippen LogP contribution in [0.15, 0.2) is 95.9 Å². The first-order valence-electron chi connectivity index (χ1n) is 15.1. The van der Waals surface area contributed by atoms with Crippen LogP contribution < -0.4 is 0 Å². The third kappa shape index (κ3) is 6.62. The van der Waals surface area contributed by atoms with Crippen molar-refractivity contribution in [3.8, 4) is 0 Å². The van der Waals surface area contributed by atoms with Crippen LogP contribution in [0.5, 0.6) is 0 Å². The molecule has 1 amide bonds. The van der Waals surface area contributed by atoms with E-state index in [0.29, 0.717) is 36.4 Å². The summed E-state index contributed by atoms with van der Waals surface area (Å²) in [7, 11) is -3.54. The van der Waals surface area contributed by atoms with Crippen molar-refractivity contribution >= 4 is 21.7 Å². The molecule has 1 aliphatic rings. The van der Waals surface area contributed by atoms with E-state index in [4.69, 9.17) is 0 Å². The van der Waals surface area contributed by atoms with Crippen molar-refractivity contribution in [1.82, 2.24) is 4.90 Å². The lowest BCUT2D eigenvalue weighted by Crippen LogP contribution is -2.56.